The van der Waals surface area contributed by atoms with Crippen LogP contribution in [0.15, 0.2) is 52.8 Å². The number of pyridine rings is 2. The number of nitriles is 1. The first kappa shape index (κ1) is 28.3. The maximum atomic E-state index is 9.07. The van der Waals surface area contributed by atoms with Crippen LogP contribution >= 0.6 is 11.6 Å². The second-order valence-corrected chi connectivity index (χ2v) is 9.88. The van der Waals surface area contributed by atoms with Crippen LogP contribution < -0.4 is 10.6 Å². The molecule has 2 aliphatic heterocycles. The smallest absolute Gasteiger partial charge is 0.201 e. The zero-order valence-corrected chi connectivity index (χ0v) is 23.7. The van der Waals surface area contributed by atoms with Crippen molar-refractivity contribution in [1.29, 1.82) is 5.26 Å². The Bertz CT molecular complexity index is 1350. The summed E-state index contributed by atoms with van der Waals surface area (Å²) < 4.78 is 8.03. The Balaban J connectivity index is 0.00000172. The molecular formula is C28H36ClN9O. The Morgan fingerprint density at radius 2 is 1.95 bits per heavy atom. The molecule has 11 heteroatoms. The molecule has 10 nitrogen and oxygen atoms in total. The number of hydrogen-bond donors (Lipinski definition) is 1. The van der Waals surface area contributed by atoms with Crippen LogP contribution in [-0.4, -0.2) is 73.9 Å². The molecule has 39 heavy (non-hydrogen) atoms. The molecule has 3 aromatic heterocycles. The van der Waals surface area contributed by atoms with Crippen LogP contribution in [0.25, 0.3) is 5.65 Å². The lowest BCUT2D eigenvalue weighted by molar-refractivity contribution is 0.0608. The fraction of sp³-hybridized carbons (Fsp3) is 0.464. The Morgan fingerprint density at radius 3 is 2.59 bits per heavy atom. The molecule has 5 rings (SSSR count). The van der Waals surface area contributed by atoms with Crippen molar-refractivity contribution >= 4 is 28.7 Å². The van der Waals surface area contributed by atoms with Crippen molar-refractivity contribution in [2.75, 3.05) is 26.2 Å². The fourth-order valence-electron chi connectivity index (χ4n) is 5.03. The van der Waals surface area contributed by atoms with Gasteiger partial charge in [0.1, 0.15) is 22.6 Å². The van der Waals surface area contributed by atoms with E-state index in [1.807, 2.05) is 62.9 Å². The number of hydrogen-bond acceptors (Lipinski definition) is 9. The van der Waals surface area contributed by atoms with Gasteiger partial charge in [-0.3, -0.25) is 19.3 Å². The molecule has 0 amide bonds. The van der Waals surface area contributed by atoms with Crippen LogP contribution in [0.4, 0.5) is 0 Å². The second-order valence-electron chi connectivity index (χ2n) is 9.49. The predicted molar refractivity (Wildman–Crippen MR) is 154 cm³/mol. The highest BCUT2D eigenvalue weighted by atomic mass is 35.5. The topological polar surface area (TPSA) is 120 Å². The molecule has 0 radical (unpaired) electrons. The van der Waals surface area contributed by atoms with Crippen molar-refractivity contribution in [1.82, 2.24) is 24.2 Å². The molecule has 1 unspecified atom stereocenters. The lowest BCUT2D eigenvalue weighted by Crippen LogP contribution is -2.57. The van der Waals surface area contributed by atoms with Crippen LogP contribution in [0.1, 0.15) is 57.9 Å². The number of nitrogens with two attached hydrogens (primary N) is 1. The zero-order chi connectivity index (χ0) is 27.9. The van der Waals surface area contributed by atoms with Crippen LogP contribution in [0.5, 0.6) is 5.88 Å². The van der Waals surface area contributed by atoms with E-state index >= 15 is 0 Å². The molecule has 0 bridgehead atoms. The Labute approximate surface area is 234 Å². The summed E-state index contributed by atoms with van der Waals surface area (Å²) >= 11 is 6.43. The lowest BCUT2D eigenvalue weighted by Gasteiger charge is -2.45. The van der Waals surface area contributed by atoms with Crippen molar-refractivity contribution in [3.63, 3.8) is 0 Å². The number of likely N-dealkylation sites (tertiary alicyclic amines) is 2. The number of ether oxygens (including phenoxy) is 1. The van der Waals surface area contributed by atoms with E-state index in [1.54, 1.807) is 16.8 Å². The predicted octanol–water partition coefficient (Wildman–Crippen LogP) is 4.30. The summed E-state index contributed by atoms with van der Waals surface area (Å²) in [5.74, 6) is 6.38. The van der Waals surface area contributed by atoms with E-state index < -0.39 is 0 Å². The second kappa shape index (κ2) is 12.9. The summed E-state index contributed by atoms with van der Waals surface area (Å²) in [5, 5.41) is 13.6. The molecule has 2 saturated heterocycles. The Morgan fingerprint density at radius 1 is 1.21 bits per heavy atom. The van der Waals surface area contributed by atoms with E-state index in [4.69, 9.17) is 32.4 Å². The van der Waals surface area contributed by atoms with Crippen molar-refractivity contribution in [2.45, 2.75) is 58.7 Å². The number of hydrazone groups is 1. The highest BCUT2D eigenvalue weighted by Gasteiger charge is 2.34. The number of nitrogens with zero attached hydrogens (tertiary/aromatic N) is 8. The molecule has 2 fully saturated rings. The van der Waals surface area contributed by atoms with E-state index in [0.717, 1.165) is 56.0 Å². The largest absolute Gasteiger partial charge is 0.469 e. The van der Waals surface area contributed by atoms with Gasteiger partial charge in [-0.25, -0.2) is 4.98 Å². The van der Waals surface area contributed by atoms with Gasteiger partial charge in [0.15, 0.2) is 6.19 Å². The number of halogens is 1. The van der Waals surface area contributed by atoms with Gasteiger partial charge in [-0.2, -0.15) is 10.4 Å². The third-order valence-corrected chi connectivity index (χ3v) is 7.33. The van der Waals surface area contributed by atoms with Crippen LogP contribution in [0, 0.1) is 11.5 Å². The highest BCUT2D eigenvalue weighted by molar-refractivity contribution is 6.47. The Kier molecular flexibility index (Phi) is 9.38. The number of piperidine rings is 1. The quantitative estimate of drug-likeness (QED) is 0.202. The zero-order valence-electron chi connectivity index (χ0n) is 23.0. The molecule has 206 valence electrons. The van der Waals surface area contributed by atoms with Crippen molar-refractivity contribution in [3.8, 4) is 12.1 Å². The highest BCUT2D eigenvalue weighted by Crippen LogP contribution is 2.28. The van der Waals surface area contributed by atoms with Crippen LogP contribution in [0.3, 0.4) is 0 Å². The molecule has 3 aromatic rings. The molecule has 0 saturated carbocycles. The molecule has 0 spiro atoms. The number of aliphatic imine (C=N–C) groups is 1. The van der Waals surface area contributed by atoms with Gasteiger partial charge in [0.25, 0.3) is 0 Å². The summed E-state index contributed by atoms with van der Waals surface area (Å²) in [7, 11) is 0. The lowest BCUT2D eigenvalue weighted by atomic mass is 9.97. The monoisotopic (exact) mass is 549 g/mol. The summed E-state index contributed by atoms with van der Waals surface area (Å²) in [5.41, 5.74) is 3.52. The first-order chi connectivity index (χ1) is 19.0. The summed E-state index contributed by atoms with van der Waals surface area (Å²) in [4.78, 5) is 18.0. The first-order valence-corrected chi connectivity index (χ1v) is 13.8. The standard InChI is InChI=1S/C26H30ClN9O.C2H6/c1-17(32-20-14-35(15-20)21-6-9-34(16-28)10-7-21)26(33-29)19-11-24-31-13-23(27)36(24)25(12-19)37-18(2)22-5-3-4-8-30-22;1-2/h3-5,8,11-13,18,20-21H,6-7,9-10,14-15,29H2,1-2H3;1-2H3/b32-17?,33-26+;. The maximum absolute atomic E-state index is 9.07. The average molecular weight is 550 g/mol. The minimum Gasteiger partial charge on any atom is -0.469 e. The summed E-state index contributed by atoms with van der Waals surface area (Å²) in [6.45, 7) is 11.3. The van der Waals surface area contributed by atoms with E-state index in [-0.39, 0.29) is 12.1 Å². The van der Waals surface area contributed by atoms with Gasteiger partial charge in [-0.15, -0.1) is 0 Å². The van der Waals surface area contributed by atoms with Gasteiger partial charge in [-0.1, -0.05) is 31.5 Å². The summed E-state index contributed by atoms with van der Waals surface area (Å²) in [6.07, 6.45) is 7.30. The van der Waals surface area contributed by atoms with E-state index in [9.17, 15) is 0 Å². The molecule has 1 atom stereocenters. The van der Waals surface area contributed by atoms with Crippen LogP contribution in [-0.2, 0) is 0 Å². The van der Waals surface area contributed by atoms with Gasteiger partial charge in [0, 0.05) is 50.0 Å². The van der Waals surface area contributed by atoms with Gasteiger partial charge >= 0.3 is 0 Å². The van der Waals surface area contributed by atoms with E-state index in [1.165, 1.54) is 0 Å². The third-order valence-electron chi connectivity index (χ3n) is 7.07. The van der Waals surface area contributed by atoms with Gasteiger partial charge in [-0.05, 0) is 44.9 Å². The molecule has 5 heterocycles. The Hall–Kier alpha value is -3.68. The van der Waals surface area contributed by atoms with Crippen LogP contribution in [0.2, 0.25) is 5.15 Å². The van der Waals surface area contributed by atoms with Gasteiger partial charge < -0.3 is 15.5 Å². The van der Waals surface area contributed by atoms with Crippen molar-refractivity contribution in [3.05, 3.63) is 59.1 Å². The average Bonchev–Trinajstić information content (AvgIpc) is 3.33. The molecule has 2 aliphatic rings. The maximum Gasteiger partial charge on any atom is 0.201 e. The molecule has 2 N–H and O–H groups in total. The fourth-order valence-corrected chi connectivity index (χ4v) is 5.25. The molecule has 0 aliphatic carbocycles. The van der Waals surface area contributed by atoms with Gasteiger partial charge in [0.2, 0.25) is 5.88 Å². The number of rotatable bonds is 7. The van der Waals surface area contributed by atoms with Gasteiger partial charge in [0.05, 0.1) is 23.6 Å². The molecule has 0 aromatic carbocycles. The van der Waals surface area contributed by atoms with E-state index in [2.05, 4.69) is 26.2 Å². The SMILES string of the molecule is CC.CC(=NC1CN(C2CCN(C#N)CC2)C1)/C(=N\N)c1cc(OC(C)c2ccccn2)n2c(Cl)cnc2c1. The third kappa shape index (κ3) is 6.32. The minimum atomic E-state index is -0.313. The normalized spacial score (nSPS) is 18.2. The molecular weight excluding hydrogens is 514 g/mol. The van der Waals surface area contributed by atoms with Crippen molar-refractivity contribution < 1.29 is 4.74 Å². The summed E-state index contributed by atoms with van der Waals surface area (Å²) in [6, 6.07) is 10.2. The number of imidazole rings is 1. The van der Waals surface area contributed by atoms with E-state index in [0.29, 0.717) is 28.4 Å². The number of fused-ring (bicyclic) bond motifs is 1. The number of aromatic nitrogens is 3. The minimum absolute atomic E-state index is 0.190. The first-order valence-electron chi connectivity index (χ1n) is 13.4. The van der Waals surface area contributed by atoms with Crippen molar-refractivity contribution in [2.24, 2.45) is 15.9 Å².